The molecule has 1 N–H and O–H groups in total. The van der Waals surface area contributed by atoms with Gasteiger partial charge in [-0.15, -0.1) is 11.8 Å². The van der Waals surface area contributed by atoms with Gasteiger partial charge in [-0.05, 0) is 25.1 Å². The molecule has 90 valence electrons. The largest absolute Gasteiger partial charge is 0.384 e. The van der Waals surface area contributed by atoms with Crippen LogP contribution in [0.15, 0.2) is 33.7 Å². The zero-order chi connectivity index (χ0) is 12.3. The first-order chi connectivity index (χ1) is 8.15. The van der Waals surface area contributed by atoms with Crippen LogP contribution >= 0.6 is 11.8 Å². The predicted molar refractivity (Wildman–Crippen MR) is 60.9 cm³/mol. The van der Waals surface area contributed by atoms with E-state index in [9.17, 15) is 9.50 Å². The van der Waals surface area contributed by atoms with Crippen molar-refractivity contribution in [1.29, 1.82) is 0 Å². The van der Waals surface area contributed by atoms with Crippen LogP contribution in [0.3, 0.4) is 0 Å². The molecule has 0 saturated carbocycles. The summed E-state index contributed by atoms with van der Waals surface area (Å²) in [6.45, 7) is 1.55. The molecule has 1 heterocycles. The predicted octanol–water partition coefficient (Wildman–Crippen LogP) is 2.55. The van der Waals surface area contributed by atoms with Crippen molar-refractivity contribution in [3.8, 4) is 0 Å². The van der Waals surface area contributed by atoms with E-state index in [2.05, 4.69) is 10.1 Å². The van der Waals surface area contributed by atoms with Crippen molar-refractivity contribution < 1.29 is 14.0 Å². The fraction of sp³-hybridized carbons (Fsp3) is 0.273. The lowest BCUT2D eigenvalue weighted by atomic mass is 10.4. The van der Waals surface area contributed by atoms with E-state index < -0.39 is 6.10 Å². The summed E-state index contributed by atoms with van der Waals surface area (Å²) in [5.74, 6) is 0.877. The van der Waals surface area contributed by atoms with Gasteiger partial charge in [-0.3, -0.25) is 0 Å². The normalized spacial score (nSPS) is 12.6. The van der Waals surface area contributed by atoms with Crippen LogP contribution in [0.1, 0.15) is 24.7 Å². The highest BCUT2D eigenvalue weighted by atomic mass is 32.2. The average Bonchev–Trinajstić information content (AvgIpc) is 2.75. The fourth-order valence-electron chi connectivity index (χ4n) is 1.20. The Kier molecular flexibility index (Phi) is 3.75. The molecule has 0 aliphatic carbocycles. The molecule has 1 aromatic heterocycles. The summed E-state index contributed by atoms with van der Waals surface area (Å²) in [6, 6.07) is 6.29. The van der Waals surface area contributed by atoms with Crippen molar-refractivity contribution in [2.24, 2.45) is 0 Å². The van der Waals surface area contributed by atoms with Crippen molar-refractivity contribution >= 4 is 11.8 Å². The number of hydrogen-bond donors (Lipinski definition) is 1. The van der Waals surface area contributed by atoms with E-state index in [0.717, 1.165) is 4.90 Å². The molecule has 0 spiro atoms. The molecule has 0 aliphatic heterocycles. The van der Waals surface area contributed by atoms with Gasteiger partial charge in [-0.2, -0.15) is 4.98 Å². The summed E-state index contributed by atoms with van der Waals surface area (Å²) in [5, 5.41) is 12.9. The molecule has 0 radical (unpaired) electrons. The maximum atomic E-state index is 12.9. The summed E-state index contributed by atoms with van der Waals surface area (Å²) in [4.78, 5) is 4.80. The Bertz CT molecular complexity index is 502. The second kappa shape index (κ2) is 5.29. The van der Waals surface area contributed by atoms with Crippen LogP contribution in [0.25, 0.3) is 0 Å². The summed E-state index contributed by atoms with van der Waals surface area (Å²) >= 11 is 1.41. The van der Waals surface area contributed by atoms with Crippen LogP contribution in [-0.4, -0.2) is 15.2 Å². The number of hydrogen-bond acceptors (Lipinski definition) is 5. The SMILES string of the molecule is CC(O)c1nc(CSc2cccc(F)c2)no1. The summed E-state index contributed by atoms with van der Waals surface area (Å²) in [6.07, 6.45) is -0.768. The Morgan fingerprint density at radius 1 is 1.53 bits per heavy atom. The highest BCUT2D eigenvalue weighted by Gasteiger charge is 2.11. The van der Waals surface area contributed by atoms with Crippen molar-refractivity contribution in [1.82, 2.24) is 10.1 Å². The Morgan fingerprint density at radius 3 is 3.00 bits per heavy atom. The van der Waals surface area contributed by atoms with Crippen molar-refractivity contribution in [2.45, 2.75) is 23.7 Å². The minimum absolute atomic E-state index is 0.194. The molecule has 4 nitrogen and oxygen atoms in total. The summed E-state index contributed by atoms with van der Waals surface area (Å²) in [5.41, 5.74) is 0. The number of aliphatic hydroxyl groups excluding tert-OH is 1. The number of rotatable bonds is 4. The third-order valence-corrected chi connectivity index (χ3v) is 3.00. The van der Waals surface area contributed by atoms with Crippen LogP contribution < -0.4 is 0 Å². The molecular formula is C11H11FN2O2S. The molecular weight excluding hydrogens is 243 g/mol. The van der Waals surface area contributed by atoms with E-state index in [1.165, 1.54) is 23.9 Å². The maximum absolute atomic E-state index is 12.9. The smallest absolute Gasteiger partial charge is 0.255 e. The fourth-order valence-corrected chi connectivity index (χ4v) is 1.98. The molecule has 0 amide bonds. The molecule has 0 aliphatic rings. The Hall–Kier alpha value is -1.40. The lowest BCUT2D eigenvalue weighted by Crippen LogP contribution is -1.91. The Labute approximate surface area is 102 Å². The number of aliphatic hydroxyl groups is 1. The molecule has 1 atom stereocenters. The maximum Gasteiger partial charge on any atom is 0.255 e. The average molecular weight is 254 g/mol. The van der Waals surface area contributed by atoms with Gasteiger partial charge in [-0.1, -0.05) is 11.2 Å². The van der Waals surface area contributed by atoms with Crippen LogP contribution in [-0.2, 0) is 5.75 Å². The van der Waals surface area contributed by atoms with Gasteiger partial charge >= 0.3 is 0 Å². The minimum atomic E-state index is -0.768. The minimum Gasteiger partial charge on any atom is -0.384 e. The zero-order valence-corrected chi connectivity index (χ0v) is 9.95. The van der Waals surface area contributed by atoms with Crippen LogP contribution in [0.5, 0.6) is 0 Å². The van der Waals surface area contributed by atoms with E-state index in [1.54, 1.807) is 13.0 Å². The lowest BCUT2D eigenvalue weighted by molar-refractivity contribution is 0.151. The first kappa shape index (κ1) is 12.1. The lowest BCUT2D eigenvalue weighted by Gasteiger charge is -1.97. The number of aromatic nitrogens is 2. The highest BCUT2D eigenvalue weighted by molar-refractivity contribution is 7.98. The van der Waals surface area contributed by atoms with Crippen LogP contribution in [0, 0.1) is 5.82 Å². The van der Waals surface area contributed by atoms with Gasteiger partial charge in [0, 0.05) is 4.90 Å². The van der Waals surface area contributed by atoms with Gasteiger partial charge in [0.2, 0.25) is 0 Å². The standard InChI is InChI=1S/C11H11FN2O2S/c1-7(15)11-13-10(14-16-11)6-17-9-4-2-3-8(12)5-9/h2-5,7,15H,6H2,1H3. The van der Waals surface area contributed by atoms with E-state index in [1.807, 2.05) is 6.07 Å². The van der Waals surface area contributed by atoms with Crippen LogP contribution in [0.4, 0.5) is 4.39 Å². The summed E-state index contributed by atoms with van der Waals surface area (Å²) < 4.78 is 17.7. The van der Waals surface area contributed by atoms with Crippen LogP contribution in [0.2, 0.25) is 0 Å². The quantitative estimate of drug-likeness (QED) is 0.850. The monoisotopic (exact) mass is 254 g/mol. The van der Waals surface area contributed by atoms with Gasteiger partial charge < -0.3 is 9.63 Å². The van der Waals surface area contributed by atoms with E-state index in [0.29, 0.717) is 11.6 Å². The first-order valence-electron chi connectivity index (χ1n) is 5.04. The van der Waals surface area contributed by atoms with Gasteiger partial charge in [0.25, 0.3) is 5.89 Å². The van der Waals surface area contributed by atoms with Crippen molar-refractivity contribution in [3.05, 3.63) is 41.8 Å². The molecule has 2 aromatic rings. The Morgan fingerprint density at radius 2 is 2.35 bits per heavy atom. The first-order valence-corrected chi connectivity index (χ1v) is 6.02. The van der Waals surface area contributed by atoms with Gasteiger partial charge in [0.15, 0.2) is 5.82 Å². The molecule has 17 heavy (non-hydrogen) atoms. The van der Waals surface area contributed by atoms with E-state index >= 15 is 0 Å². The molecule has 6 heteroatoms. The molecule has 0 fully saturated rings. The molecule has 1 unspecified atom stereocenters. The molecule has 0 saturated heterocycles. The second-order valence-corrected chi connectivity index (χ2v) is 4.52. The number of nitrogens with zero attached hydrogens (tertiary/aromatic N) is 2. The van der Waals surface area contributed by atoms with Gasteiger partial charge in [0.05, 0.1) is 5.75 Å². The zero-order valence-electron chi connectivity index (χ0n) is 9.13. The highest BCUT2D eigenvalue weighted by Crippen LogP contribution is 2.22. The number of halogens is 1. The van der Waals surface area contributed by atoms with E-state index in [-0.39, 0.29) is 11.7 Å². The second-order valence-electron chi connectivity index (χ2n) is 3.47. The topological polar surface area (TPSA) is 59.2 Å². The molecule has 1 aromatic carbocycles. The third kappa shape index (κ3) is 3.28. The van der Waals surface area contributed by atoms with Crippen molar-refractivity contribution in [2.75, 3.05) is 0 Å². The van der Waals surface area contributed by atoms with Gasteiger partial charge in [-0.25, -0.2) is 4.39 Å². The van der Waals surface area contributed by atoms with Gasteiger partial charge in [0.1, 0.15) is 11.9 Å². The number of benzene rings is 1. The third-order valence-electron chi connectivity index (χ3n) is 2.01. The Balaban J connectivity index is 1.97. The van der Waals surface area contributed by atoms with E-state index in [4.69, 9.17) is 4.52 Å². The van der Waals surface area contributed by atoms with Crippen molar-refractivity contribution in [3.63, 3.8) is 0 Å². The molecule has 0 bridgehead atoms. The number of thioether (sulfide) groups is 1. The summed E-state index contributed by atoms with van der Waals surface area (Å²) in [7, 11) is 0. The molecule has 2 rings (SSSR count).